The smallest absolute Gasteiger partial charge is 0.128 e. The number of aromatic nitrogens is 1. The fourth-order valence-corrected chi connectivity index (χ4v) is 2.30. The van der Waals surface area contributed by atoms with Crippen molar-refractivity contribution < 1.29 is 4.74 Å². The molecule has 0 fully saturated rings. The number of methoxy groups -OCH3 is 1. The van der Waals surface area contributed by atoms with Crippen LogP contribution < -0.4 is 10.1 Å². The van der Waals surface area contributed by atoms with Crippen molar-refractivity contribution in [3.8, 4) is 5.75 Å². The second kappa shape index (κ2) is 8.12. The zero-order chi connectivity index (χ0) is 14.3. The molecule has 0 atom stereocenters. The molecule has 0 spiro atoms. The topological polar surface area (TPSA) is 37.4 Å². The van der Waals surface area contributed by atoms with Gasteiger partial charge in [-0.2, -0.15) is 0 Å². The number of nitrogens with one attached hydrogen (secondary N) is 1. The average Bonchev–Trinajstić information content (AvgIpc) is 2.40. The van der Waals surface area contributed by atoms with Gasteiger partial charge in [0.1, 0.15) is 5.75 Å². The molecule has 19 heavy (non-hydrogen) atoms. The molecule has 0 amide bonds. The molecule has 0 radical (unpaired) electrons. The molecule has 0 saturated carbocycles. The normalized spacial score (nSPS) is 11.1. The average molecular weight is 265 g/mol. The summed E-state index contributed by atoms with van der Waals surface area (Å²) in [5.41, 5.74) is 3.38. The third-order valence-corrected chi connectivity index (χ3v) is 3.34. The number of rotatable bonds is 8. The van der Waals surface area contributed by atoms with Crippen LogP contribution >= 0.6 is 0 Å². The molecule has 4 nitrogen and oxygen atoms in total. The van der Waals surface area contributed by atoms with E-state index in [1.54, 1.807) is 7.11 Å². The molecule has 4 heteroatoms. The van der Waals surface area contributed by atoms with E-state index >= 15 is 0 Å². The van der Waals surface area contributed by atoms with Crippen molar-refractivity contribution in [3.05, 3.63) is 23.0 Å². The number of ether oxygens (including phenoxy) is 1. The predicted octanol–water partition coefficient (Wildman–Crippen LogP) is 2.14. The monoisotopic (exact) mass is 265 g/mol. The highest BCUT2D eigenvalue weighted by Crippen LogP contribution is 2.24. The number of hydrogen-bond acceptors (Lipinski definition) is 4. The van der Waals surface area contributed by atoms with E-state index in [0.717, 1.165) is 55.2 Å². The third-order valence-electron chi connectivity index (χ3n) is 3.34. The number of nitrogens with zero attached hydrogens (tertiary/aromatic N) is 2. The van der Waals surface area contributed by atoms with E-state index in [-0.39, 0.29) is 0 Å². The van der Waals surface area contributed by atoms with Gasteiger partial charge in [0.2, 0.25) is 0 Å². The molecule has 0 aliphatic rings. The molecule has 1 N–H and O–H groups in total. The van der Waals surface area contributed by atoms with Gasteiger partial charge in [-0.25, -0.2) is 0 Å². The van der Waals surface area contributed by atoms with Crippen LogP contribution in [0.25, 0.3) is 0 Å². The number of likely N-dealkylation sites (N-methyl/N-ethyl adjacent to an activating group) is 1. The van der Waals surface area contributed by atoms with E-state index in [1.807, 2.05) is 20.2 Å². The highest BCUT2D eigenvalue weighted by Gasteiger charge is 2.12. The van der Waals surface area contributed by atoms with Crippen LogP contribution in [0.2, 0.25) is 0 Å². The van der Waals surface area contributed by atoms with Crippen LogP contribution in [0.1, 0.15) is 30.2 Å². The fourth-order valence-electron chi connectivity index (χ4n) is 2.30. The quantitative estimate of drug-likeness (QED) is 0.781. The lowest BCUT2D eigenvalue weighted by Crippen LogP contribution is -2.31. The first-order valence-corrected chi connectivity index (χ1v) is 7.00. The number of hydrogen-bond donors (Lipinski definition) is 1. The van der Waals surface area contributed by atoms with Crippen LogP contribution in [-0.2, 0) is 6.54 Å². The second-order valence-corrected chi connectivity index (χ2v) is 4.93. The number of aryl methyl sites for hydroxylation is 1. The Morgan fingerprint density at radius 3 is 2.63 bits per heavy atom. The van der Waals surface area contributed by atoms with E-state index in [1.165, 1.54) is 0 Å². The Bertz CT molecular complexity index is 393. The van der Waals surface area contributed by atoms with Crippen molar-refractivity contribution >= 4 is 0 Å². The number of pyridine rings is 1. The van der Waals surface area contributed by atoms with Gasteiger partial charge in [-0.05, 0) is 33.9 Å². The minimum atomic E-state index is 0.887. The van der Waals surface area contributed by atoms with E-state index in [2.05, 4.69) is 29.0 Å². The van der Waals surface area contributed by atoms with Gasteiger partial charge in [0.25, 0.3) is 0 Å². The van der Waals surface area contributed by atoms with Crippen LogP contribution in [0.15, 0.2) is 6.20 Å². The Labute approximate surface area is 117 Å². The molecule has 0 aliphatic carbocycles. The molecule has 1 aromatic heterocycles. The Hall–Kier alpha value is -1.13. The summed E-state index contributed by atoms with van der Waals surface area (Å²) in [7, 11) is 3.71. The largest absolute Gasteiger partial charge is 0.496 e. The van der Waals surface area contributed by atoms with Gasteiger partial charge in [-0.15, -0.1) is 0 Å². The molecule has 0 aromatic carbocycles. The summed E-state index contributed by atoms with van der Waals surface area (Å²) in [4.78, 5) is 7.01. The van der Waals surface area contributed by atoms with Gasteiger partial charge < -0.3 is 10.1 Å². The Morgan fingerprint density at radius 1 is 1.32 bits per heavy atom. The first-order valence-electron chi connectivity index (χ1n) is 7.00. The summed E-state index contributed by atoms with van der Waals surface area (Å²) >= 11 is 0. The summed E-state index contributed by atoms with van der Waals surface area (Å²) in [5.74, 6) is 0.968. The van der Waals surface area contributed by atoms with Crippen molar-refractivity contribution in [2.24, 2.45) is 0 Å². The SMILES string of the molecule is CCCN(CCNC)Cc1ncc(C)c(OC)c1C. The van der Waals surface area contributed by atoms with Crippen LogP contribution in [0.5, 0.6) is 5.75 Å². The van der Waals surface area contributed by atoms with Crippen LogP contribution in [-0.4, -0.2) is 43.7 Å². The van der Waals surface area contributed by atoms with Gasteiger partial charge >= 0.3 is 0 Å². The van der Waals surface area contributed by atoms with Crippen molar-refractivity contribution in [2.75, 3.05) is 33.8 Å². The van der Waals surface area contributed by atoms with E-state index in [4.69, 9.17) is 4.74 Å². The summed E-state index contributed by atoms with van der Waals surface area (Å²) in [6.07, 6.45) is 3.06. The molecule has 1 aromatic rings. The van der Waals surface area contributed by atoms with Crippen LogP contribution in [0.4, 0.5) is 0 Å². The molecular weight excluding hydrogens is 238 g/mol. The van der Waals surface area contributed by atoms with Gasteiger partial charge in [0.05, 0.1) is 12.8 Å². The lowest BCUT2D eigenvalue weighted by Gasteiger charge is -2.22. The Balaban J connectivity index is 2.83. The zero-order valence-corrected chi connectivity index (χ0v) is 12.9. The van der Waals surface area contributed by atoms with Gasteiger partial charge in [0.15, 0.2) is 0 Å². The van der Waals surface area contributed by atoms with E-state index < -0.39 is 0 Å². The summed E-state index contributed by atoms with van der Waals surface area (Å²) in [5, 5.41) is 3.20. The van der Waals surface area contributed by atoms with Crippen molar-refractivity contribution in [1.29, 1.82) is 0 Å². The Morgan fingerprint density at radius 2 is 2.05 bits per heavy atom. The molecule has 1 rings (SSSR count). The van der Waals surface area contributed by atoms with Crippen LogP contribution in [0.3, 0.4) is 0 Å². The molecular formula is C15H27N3O. The second-order valence-electron chi connectivity index (χ2n) is 4.93. The zero-order valence-electron chi connectivity index (χ0n) is 12.9. The molecule has 1 heterocycles. The van der Waals surface area contributed by atoms with E-state index in [0.29, 0.717) is 0 Å². The highest BCUT2D eigenvalue weighted by atomic mass is 16.5. The lowest BCUT2D eigenvalue weighted by molar-refractivity contribution is 0.263. The molecule has 0 aliphatic heterocycles. The maximum absolute atomic E-state index is 5.47. The molecule has 0 bridgehead atoms. The predicted molar refractivity (Wildman–Crippen MR) is 79.8 cm³/mol. The van der Waals surface area contributed by atoms with Crippen molar-refractivity contribution in [3.63, 3.8) is 0 Å². The molecule has 0 saturated heterocycles. The van der Waals surface area contributed by atoms with Crippen molar-refractivity contribution in [1.82, 2.24) is 15.2 Å². The first-order chi connectivity index (χ1) is 9.13. The maximum atomic E-state index is 5.47. The summed E-state index contributed by atoms with van der Waals surface area (Å²) < 4.78 is 5.47. The van der Waals surface area contributed by atoms with Gasteiger partial charge in [0, 0.05) is 37.0 Å². The first kappa shape index (κ1) is 15.9. The van der Waals surface area contributed by atoms with Crippen molar-refractivity contribution in [2.45, 2.75) is 33.7 Å². The maximum Gasteiger partial charge on any atom is 0.128 e. The minimum absolute atomic E-state index is 0.887. The third kappa shape index (κ3) is 4.48. The minimum Gasteiger partial charge on any atom is -0.496 e. The summed E-state index contributed by atoms with van der Waals surface area (Å²) in [6, 6.07) is 0. The van der Waals surface area contributed by atoms with Gasteiger partial charge in [-0.1, -0.05) is 6.92 Å². The Kier molecular flexibility index (Phi) is 6.81. The van der Waals surface area contributed by atoms with Crippen LogP contribution in [0, 0.1) is 13.8 Å². The van der Waals surface area contributed by atoms with E-state index in [9.17, 15) is 0 Å². The van der Waals surface area contributed by atoms with Gasteiger partial charge in [-0.3, -0.25) is 9.88 Å². The fraction of sp³-hybridized carbons (Fsp3) is 0.667. The molecule has 108 valence electrons. The molecule has 0 unspecified atom stereocenters. The lowest BCUT2D eigenvalue weighted by atomic mass is 10.1. The standard InChI is InChI=1S/C15H27N3O/c1-6-8-18(9-7-16-4)11-14-13(3)15(19-5)12(2)10-17-14/h10,16H,6-9,11H2,1-5H3. The summed E-state index contributed by atoms with van der Waals surface area (Å²) in [6.45, 7) is 10.4. The highest BCUT2D eigenvalue weighted by molar-refractivity contribution is 5.40.